The lowest BCUT2D eigenvalue weighted by atomic mass is 9.83. The number of rotatable bonds is 3. The summed E-state index contributed by atoms with van der Waals surface area (Å²) in [5.41, 5.74) is 7.60. The van der Waals surface area contributed by atoms with E-state index in [-0.39, 0.29) is 0 Å². The maximum Gasteiger partial charge on any atom is -0.00141 e. The molecule has 0 amide bonds. The minimum Gasteiger partial charge on any atom is -0.0622 e. The molecule has 0 saturated heterocycles. The van der Waals surface area contributed by atoms with Gasteiger partial charge in [0.25, 0.3) is 0 Å². The highest BCUT2D eigenvalue weighted by molar-refractivity contribution is 6.31. The van der Waals surface area contributed by atoms with Crippen LogP contribution in [0.2, 0.25) is 0 Å². The van der Waals surface area contributed by atoms with E-state index in [1.165, 1.54) is 87.2 Å². The van der Waals surface area contributed by atoms with Gasteiger partial charge in [0.05, 0.1) is 0 Å². The van der Waals surface area contributed by atoms with Crippen molar-refractivity contribution >= 4 is 53.9 Å². The molecule has 0 nitrogen and oxygen atoms in total. The number of fused-ring (bicyclic) bond motifs is 3. The van der Waals surface area contributed by atoms with E-state index in [0.29, 0.717) is 0 Å². The van der Waals surface area contributed by atoms with Gasteiger partial charge in [-0.15, -0.1) is 0 Å². The Hall–Kier alpha value is -5.46. The topological polar surface area (TPSA) is 0 Å². The van der Waals surface area contributed by atoms with Crippen molar-refractivity contribution in [1.29, 1.82) is 0 Å². The van der Waals surface area contributed by atoms with E-state index >= 15 is 0 Å². The Bertz CT molecular complexity index is 2430. The largest absolute Gasteiger partial charge is 0.0622 e. The molecule has 9 aromatic carbocycles. The molecule has 0 atom stereocenters. The van der Waals surface area contributed by atoms with E-state index in [2.05, 4.69) is 158 Å². The number of hydrogen-bond acceptors (Lipinski definition) is 0. The van der Waals surface area contributed by atoms with Gasteiger partial charge in [-0.25, -0.2) is 0 Å². The molecule has 9 rings (SSSR count). The summed E-state index contributed by atoms with van der Waals surface area (Å²) in [4.78, 5) is 0. The van der Waals surface area contributed by atoms with Gasteiger partial charge in [0.2, 0.25) is 0 Å². The van der Waals surface area contributed by atoms with Crippen LogP contribution in [0.1, 0.15) is 0 Å². The van der Waals surface area contributed by atoms with Crippen molar-refractivity contribution < 1.29 is 0 Å². The summed E-state index contributed by atoms with van der Waals surface area (Å²) in [6.07, 6.45) is 0. The fraction of sp³-hybridized carbons (Fsp3) is 0. The molecule has 9 aromatic rings. The first kappa shape index (κ1) is 23.3. The molecule has 0 fully saturated rings. The summed E-state index contributed by atoms with van der Waals surface area (Å²) >= 11 is 0. The van der Waals surface area contributed by atoms with Crippen LogP contribution in [0.25, 0.3) is 87.2 Å². The van der Waals surface area contributed by atoms with Gasteiger partial charge in [-0.3, -0.25) is 0 Å². The molecule has 0 bridgehead atoms. The van der Waals surface area contributed by atoms with Gasteiger partial charge in [0.15, 0.2) is 0 Å². The zero-order chi connectivity index (χ0) is 27.6. The van der Waals surface area contributed by atoms with Crippen molar-refractivity contribution in [2.45, 2.75) is 0 Å². The molecule has 0 unspecified atom stereocenters. The molecule has 0 aromatic heterocycles. The number of hydrogen-bond donors (Lipinski definition) is 0. The highest BCUT2D eigenvalue weighted by atomic mass is 14.2. The Morgan fingerprint density at radius 1 is 0.238 bits per heavy atom. The molecule has 0 heterocycles. The zero-order valence-corrected chi connectivity index (χ0v) is 23.0. The third-order valence-electron chi connectivity index (χ3n) is 9.01. The first-order valence-electron chi connectivity index (χ1n) is 14.6. The van der Waals surface area contributed by atoms with Crippen molar-refractivity contribution in [3.8, 4) is 33.4 Å². The van der Waals surface area contributed by atoms with Crippen LogP contribution in [0.15, 0.2) is 158 Å². The van der Waals surface area contributed by atoms with E-state index in [0.717, 1.165) is 0 Å². The molecular formula is C42H26. The highest BCUT2D eigenvalue weighted by Crippen LogP contribution is 2.47. The third kappa shape index (κ3) is 3.36. The zero-order valence-electron chi connectivity index (χ0n) is 23.0. The standard InChI is InChI=1S/C42H26/c1-3-11-27(12-4-1)32-21-19-29-20-22-36-38(28-13-5-2-6-14-28)26-40(37-24-23-35(32)41(29)42(36)37)39-25-30-15-7-8-16-31(30)33-17-9-10-18-34(33)39/h1-26H. The minimum atomic E-state index is 1.24. The summed E-state index contributed by atoms with van der Waals surface area (Å²) in [7, 11) is 0. The van der Waals surface area contributed by atoms with Crippen molar-refractivity contribution in [3.63, 3.8) is 0 Å². The molecule has 0 aliphatic rings. The molecule has 0 heteroatoms. The van der Waals surface area contributed by atoms with Crippen LogP contribution in [-0.4, -0.2) is 0 Å². The maximum absolute atomic E-state index is 2.44. The lowest BCUT2D eigenvalue weighted by Crippen LogP contribution is -1.93. The molecule has 0 spiro atoms. The smallest absolute Gasteiger partial charge is 0.00141 e. The summed E-state index contributed by atoms with van der Waals surface area (Å²) in [6, 6.07) is 58.0. The van der Waals surface area contributed by atoms with Crippen molar-refractivity contribution in [2.24, 2.45) is 0 Å². The van der Waals surface area contributed by atoms with Crippen LogP contribution >= 0.6 is 0 Å². The van der Waals surface area contributed by atoms with Crippen molar-refractivity contribution in [2.75, 3.05) is 0 Å². The lowest BCUT2D eigenvalue weighted by molar-refractivity contribution is 1.65. The molecule has 0 radical (unpaired) electrons. The second kappa shape index (κ2) is 9.03. The van der Waals surface area contributed by atoms with E-state index in [1.54, 1.807) is 0 Å². The Morgan fingerprint density at radius 3 is 1.52 bits per heavy atom. The van der Waals surface area contributed by atoms with Gasteiger partial charge in [0.1, 0.15) is 0 Å². The van der Waals surface area contributed by atoms with E-state index < -0.39 is 0 Å². The minimum absolute atomic E-state index is 1.24. The predicted molar refractivity (Wildman–Crippen MR) is 181 cm³/mol. The van der Waals surface area contributed by atoms with Gasteiger partial charge in [-0.1, -0.05) is 146 Å². The Balaban J connectivity index is 1.48. The summed E-state index contributed by atoms with van der Waals surface area (Å²) in [5.74, 6) is 0. The summed E-state index contributed by atoms with van der Waals surface area (Å²) < 4.78 is 0. The second-order valence-electron chi connectivity index (χ2n) is 11.3. The Kier molecular flexibility index (Phi) is 5.00. The van der Waals surface area contributed by atoms with Gasteiger partial charge in [-0.2, -0.15) is 0 Å². The van der Waals surface area contributed by atoms with E-state index in [4.69, 9.17) is 0 Å². The monoisotopic (exact) mass is 530 g/mol. The third-order valence-corrected chi connectivity index (χ3v) is 9.01. The number of benzene rings is 9. The van der Waals surface area contributed by atoms with Crippen LogP contribution in [0.5, 0.6) is 0 Å². The van der Waals surface area contributed by atoms with Gasteiger partial charge in [-0.05, 0) is 99.4 Å². The van der Waals surface area contributed by atoms with Gasteiger partial charge < -0.3 is 0 Å². The first-order valence-corrected chi connectivity index (χ1v) is 14.6. The van der Waals surface area contributed by atoms with Gasteiger partial charge >= 0.3 is 0 Å². The fourth-order valence-electron chi connectivity index (χ4n) is 7.12. The van der Waals surface area contributed by atoms with Crippen LogP contribution in [-0.2, 0) is 0 Å². The van der Waals surface area contributed by atoms with E-state index in [9.17, 15) is 0 Å². The Labute approximate surface area is 244 Å². The molecular weight excluding hydrogens is 504 g/mol. The average molecular weight is 531 g/mol. The summed E-state index contributed by atoms with van der Waals surface area (Å²) in [5, 5.41) is 13.0. The SMILES string of the molecule is c1ccc(-c2ccc3ccc4c(-c5ccccc5)cc(-c5cc6ccccc6c6ccccc56)c5ccc2c3c45)cc1. The molecule has 0 saturated carbocycles. The van der Waals surface area contributed by atoms with Crippen LogP contribution in [0.4, 0.5) is 0 Å². The van der Waals surface area contributed by atoms with Crippen molar-refractivity contribution in [3.05, 3.63) is 158 Å². The van der Waals surface area contributed by atoms with E-state index in [1.807, 2.05) is 0 Å². The first-order chi connectivity index (χ1) is 20.8. The molecule has 0 aliphatic carbocycles. The molecule has 0 aliphatic heterocycles. The molecule has 42 heavy (non-hydrogen) atoms. The van der Waals surface area contributed by atoms with Crippen LogP contribution in [0, 0.1) is 0 Å². The fourth-order valence-corrected chi connectivity index (χ4v) is 7.12. The quantitative estimate of drug-likeness (QED) is 0.199. The van der Waals surface area contributed by atoms with Gasteiger partial charge in [0, 0.05) is 0 Å². The van der Waals surface area contributed by atoms with Crippen LogP contribution in [0.3, 0.4) is 0 Å². The maximum atomic E-state index is 2.44. The lowest BCUT2D eigenvalue weighted by Gasteiger charge is -2.20. The normalized spacial score (nSPS) is 11.8. The highest BCUT2D eigenvalue weighted by Gasteiger charge is 2.19. The summed E-state index contributed by atoms with van der Waals surface area (Å²) in [6.45, 7) is 0. The molecule has 194 valence electrons. The second-order valence-corrected chi connectivity index (χ2v) is 11.3. The van der Waals surface area contributed by atoms with Crippen molar-refractivity contribution in [1.82, 2.24) is 0 Å². The predicted octanol–water partition coefficient (Wildman–Crippen LogP) is 11.9. The average Bonchev–Trinajstić information content (AvgIpc) is 3.07. The Morgan fingerprint density at radius 2 is 0.762 bits per heavy atom. The molecule has 0 N–H and O–H groups in total. The van der Waals surface area contributed by atoms with Crippen LogP contribution < -0.4 is 0 Å².